The number of hydrogen-bond donors (Lipinski definition) is 3. The van der Waals surface area contributed by atoms with Crippen molar-refractivity contribution in [1.29, 1.82) is 0 Å². The number of aliphatic hydroxyl groups excluding tert-OH is 1. The van der Waals surface area contributed by atoms with Crippen molar-refractivity contribution in [2.24, 2.45) is 0 Å². The summed E-state index contributed by atoms with van der Waals surface area (Å²) in [6.45, 7) is 1.86. The van der Waals surface area contributed by atoms with Gasteiger partial charge in [-0.3, -0.25) is 0 Å². The number of aromatic nitrogens is 2. The largest absolute Gasteiger partial charge is 0.395 e. The number of thiazole rings is 1. The quantitative estimate of drug-likeness (QED) is 0.644. The Labute approximate surface area is 157 Å². The number of benzene rings is 1. The van der Waals surface area contributed by atoms with Crippen LogP contribution in [0.15, 0.2) is 54.7 Å². The van der Waals surface area contributed by atoms with Gasteiger partial charge in [0.25, 0.3) is 0 Å². The van der Waals surface area contributed by atoms with Gasteiger partial charge in [-0.1, -0.05) is 47.7 Å². The average molecular weight is 366 g/mol. The second-order valence-corrected chi connectivity index (χ2v) is 7.68. The lowest BCUT2D eigenvalue weighted by molar-refractivity contribution is 0.159. The molecule has 0 spiro atoms. The Balaban J connectivity index is 1.55. The van der Waals surface area contributed by atoms with Crippen LogP contribution < -0.4 is 10.6 Å². The number of piperidine rings is 1. The highest BCUT2D eigenvalue weighted by molar-refractivity contribution is 7.18. The van der Waals surface area contributed by atoms with Crippen LogP contribution in [0.4, 0.5) is 10.9 Å². The standard InChI is InChI=1S/C20H22N4OS/c25-14-20(10-5-11-21-13-20)17-8-4-9-18(23-17)24-19-22-12-16(26-19)15-6-2-1-3-7-15/h1-4,6-9,12,21,25H,5,10-11,13-14H2,(H,22,23,24). The van der Waals surface area contributed by atoms with Crippen LogP contribution in [0, 0.1) is 0 Å². The summed E-state index contributed by atoms with van der Waals surface area (Å²) >= 11 is 1.60. The first kappa shape index (κ1) is 17.1. The molecule has 3 N–H and O–H groups in total. The van der Waals surface area contributed by atoms with Crippen LogP contribution in [0.5, 0.6) is 0 Å². The predicted molar refractivity (Wildman–Crippen MR) is 106 cm³/mol. The van der Waals surface area contributed by atoms with Crippen LogP contribution in [0.1, 0.15) is 18.5 Å². The van der Waals surface area contributed by atoms with E-state index in [0.717, 1.165) is 53.0 Å². The van der Waals surface area contributed by atoms with Crippen LogP contribution in [0.3, 0.4) is 0 Å². The van der Waals surface area contributed by atoms with E-state index in [9.17, 15) is 5.11 Å². The SMILES string of the molecule is OCC1(c2cccc(Nc3ncc(-c4ccccc4)s3)n2)CCCNC1. The highest BCUT2D eigenvalue weighted by Gasteiger charge is 2.34. The number of aliphatic hydroxyl groups is 1. The minimum Gasteiger partial charge on any atom is -0.395 e. The summed E-state index contributed by atoms with van der Waals surface area (Å²) in [4.78, 5) is 10.4. The monoisotopic (exact) mass is 366 g/mol. The molecule has 0 radical (unpaired) electrons. The van der Waals surface area contributed by atoms with E-state index in [0.29, 0.717) is 0 Å². The second-order valence-electron chi connectivity index (χ2n) is 6.65. The lowest BCUT2D eigenvalue weighted by Gasteiger charge is -2.35. The van der Waals surface area contributed by atoms with E-state index in [-0.39, 0.29) is 12.0 Å². The third kappa shape index (κ3) is 3.49. The van der Waals surface area contributed by atoms with Crippen LogP contribution in [-0.4, -0.2) is 34.8 Å². The van der Waals surface area contributed by atoms with Gasteiger partial charge in [-0.2, -0.15) is 0 Å². The average Bonchev–Trinajstić information content (AvgIpc) is 3.18. The summed E-state index contributed by atoms with van der Waals surface area (Å²) in [6.07, 6.45) is 3.88. The van der Waals surface area contributed by atoms with Crippen LogP contribution in [0.25, 0.3) is 10.4 Å². The van der Waals surface area contributed by atoms with Crippen molar-refractivity contribution >= 4 is 22.3 Å². The Bertz CT molecular complexity index is 859. The van der Waals surface area contributed by atoms with E-state index in [2.05, 4.69) is 27.8 Å². The summed E-state index contributed by atoms with van der Waals surface area (Å²) < 4.78 is 0. The van der Waals surface area contributed by atoms with E-state index >= 15 is 0 Å². The first-order valence-electron chi connectivity index (χ1n) is 8.86. The van der Waals surface area contributed by atoms with Gasteiger partial charge in [-0.05, 0) is 37.1 Å². The van der Waals surface area contributed by atoms with Crippen molar-refractivity contribution in [1.82, 2.24) is 15.3 Å². The van der Waals surface area contributed by atoms with Crippen molar-refractivity contribution in [3.63, 3.8) is 0 Å². The normalized spacial score (nSPS) is 20.0. The molecule has 1 saturated heterocycles. The van der Waals surface area contributed by atoms with Crippen molar-refractivity contribution in [2.45, 2.75) is 18.3 Å². The molecule has 5 nitrogen and oxygen atoms in total. The molecular formula is C20H22N4OS. The third-order valence-electron chi connectivity index (χ3n) is 4.87. The molecule has 0 aliphatic carbocycles. The summed E-state index contributed by atoms with van der Waals surface area (Å²) in [6, 6.07) is 16.2. The van der Waals surface area contributed by atoms with E-state index < -0.39 is 0 Å². The minimum absolute atomic E-state index is 0.103. The molecule has 2 aromatic heterocycles. The maximum atomic E-state index is 9.99. The van der Waals surface area contributed by atoms with Gasteiger partial charge >= 0.3 is 0 Å². The Hall–Kier alpha value is -2.28. The van der Waals surface area contributed by atoms with Crippen molar-refractivity contribution in [3.8, 4) is 10.4 Å². The Morgan fingerprint density at radius 2 is 2.04 bits per heavy atom. The zero-order valence-electron chi connectivity index (χ0n) is 14.5. The van der Waals surface area contributed by atoms with Crippen molar-refractivity contribution in [2.75, 3.05) is 25.0 Å². The number of rotatable bonds is 5. The lowest BCUT2D eigenvalue weighted by Crippen LogP contribution is -2.46. The molecule has 1 aliphatic rings. The molecular weight excluding hydrogens is 344 g/mol. The van der Waals surface area contributed by atoms with Gasteiger partial charge in [0, 0.05) is 18.2 Å². The van der Waals surface area contributed by atoms with Crippen LogP contribution >= 0.6 is 11.3 Å². The van der Waals surface area contributed by atoms with E-state index in [1.807, 2.05) is 42.6 Å². The smallest absolute Gasteiger partial charge is 0.188 e. The number of anilines is 2. The summed E-state index contributed by atoms with van der Waals surface area (Å²) in [5.41, 5.74) is 1.79. The number of hydrogen-bond acceptors (Lipinski definition) is 6. The predicted octanol–water partition coefficient (Wildman–Crippen LogP) is 3.56. The van der Waals surface area contributed by atoms with Gasteiger partial charge in [-0.25, -0.2) is 9.97 Å². The number of nitrogens with zero attached hydrogens (tertiary/aromatic N) is 2. The number of pyridine rings is 1. The zero-order chi connectivity index (χ0) is 17.8. The van der Waals surface area contributed by atoms with Crippen molar-refractivity contribution < 1.29 is 5.11 Å². The van der Waals surface area contributed by atoms with Gasteiger partial charge in [0.1, 0.15) is 5.82 Å². The zero-order valence-corrected chi connectivity index (χ0v) is 15.3. The fourth-order valence-electron chi connectivity index (χ4n) is 3.38. The molecule has 3 aromatic rings. The lowest BCUT2D eigenvalue weighted by atomic mass is 9.78. The summed E-state index contributed by atoms with van der Waals surface area (Å²) in [5, 5.41) is 17.5. The van der Waals surface area contributed by atoms with Crippen LogP contribution in [-0.2, 0) is 5.41 Å². The number of nitrogens with one attached hydrogen (secondary N) is 2. The van der Waals surface area contributed by atoms with Gasteiger partial charge in [-0.15, -0.1) is 0 Å². The topological polar surface area (TPSA) is 70.1 Å². The minimum atomic E-state index is -0.298. The van der Waals surface area contributed by atoms with E-state index in [1.165, 1.54) is 0 Å². The molecule has 134 valence electrons. The molecule has 1 aliphatic heterocycles. The highest BCUT2D eigenvalue weighted by atomic mass is 32.1. The molecule has 0 amide bonds. The molecule has 1 atom stereocenters. The fraction of sp³-hybridized carbons (Fsp3) is 0.300. The Kier molecular flexibility index (Phi) is 4.97. The first-order chi connectivity index (χ1) is 12.8. The fourth-order valence-corrected chi connectivity index (χ4v) is 4.21. The van der Waals surface area contributed by atoms with Crippen LogP contribution in [0.2, 0.25) is 0 Å². The molecule has 1 unspecified atom stereocenters. The molecule has 1 aromatic carbocycles. The van der Waals surface area contributed by atoms with Crippen molar-refractivity contribution in [3.05, 3.63) is 60.4 Å². The highest BCUT2D eigenvalue weighted by Crippen LogP contribution is 2.32. The second kappa shape index (κ2) is 7.53. The molecule has 26 heavy (non-hydrogen) atoms. The third-order valence-corrected chi connectivity index (χ3v) is 5.83. The summed E-state index contributed by atoms with van der Waals surface area (Å²) in [5.74, 6) is 0.759. The molecule has 0 bridgehead atoms. The Morgan fingerprint density at radius 1 is 1.15 bits per heavy atom. The molecule has 0 saturated carbocycles. The molecule has 1 fully saturated rings. The first-order valence-corrected chi connectivity index (χ1v) is 9.68. The van der Waals surface area contributed by atoms with Gasteiger partial charge < -0.3 is 15.7 Å². The van der Waals surface area contributed by atoms with E-state index in [4.69, 9.17) is 4.98 Å². The molecule has 6 heteroatoms. The maximum Gasteiger partial charge on any atom is 0.188 e. The van der Waals surface area contributed by atoms with Gasteiger partial charge in [0.2, 0.25) is 0 Å². The molecule has 4 rings (SSSR count). The van der Waals surface area contributed by atoms with E-state index in [1.54, 1.807) is 11.3 Å². The molecule has 3 heterocycles. The van der Waals surface area contributed by atoms with Gasteiger partial charge in [0.05, 0.1) is 17.2 Å². The summed E-state index contributed by atoms with van der Waals surface area (Å²) in [7, 11) is 0. The maximum absolute atomic E-state index is 9.99. The Morgan fingerprint density at radius 3 is 2.81 bits per heavy atom. The van der Waals surface area contributed by atoms with Gasteiger partial charge in [0.15, 0.2) is 5.13 Å².